The molecule has 1 aromatic carbocycles. The van der Waals surface area contributed by atoms with E-state index in [1.807, 2.05) is 0 Å². The van der Waals surface area contributed by atoms with Crippen LogP contribution in [-0.2, 0) is 0 Å². The fraction of sp³-hybridized carbons (Fsp3) is 0.571. The summed E-state index contributed by atoms with van der Waals surface area (Å²) in [5, 5.41) is 11.1. The van der Waals surface area contributed by atoms with Crippen molar-refractivity contribution in [2.75, 3.05) is 0 Å². The summed E-state index contributed by atoms with van der Waals surface area (Å²) in [6.07, 6.45) is -4.10. The molecule has 0 aromatic heterocycles. The van der Waals surface area contributed by atoms with Gasteiger partial charge in [-0.05, 0) is 43.4 Å². The van der Waals surface area contributed by atoms with Gasteiger partial charge in [-0.3, -0.25) is 0 Å². The molecule has 112 valence electrons. The quantitative estimate of drug-likeness (QED) is 0.771. The van der Waals surface area contributed by atoms with Gasteiger partial charge in [-0.1, -0.05) is 29.6 Å². The van der Waals surface area contributed by atoms with Crippen molar-refractivity contribution < 1.29 is 18.3 Å². The maximum atomic E-state index is 12.8. The Kier molecular flexibility index (Phi) is 4.88. The Labute approximate surface area is 125 Å². The van der Waals surface area contributed by atoms with E-state index in [9.17, 15) is 18.3 Å². The summed E-state index contributed by atoms with van der Waals surface area (Å²) in [4.78, 5) is 0. The average Bonchev–Trinajstić information content (AvgIpc) is 2.40. The molecule has 0 spiro atoms. The van der Waals surface area contributed by atoms with Crippen LogP contribution in [0.15, 0.2) is 18.2 Å². The molecule has 3 unspecified atom stereocenters. The summed E-state index contributed by atoms with van der Waals surface area (Å²) in [7, 11) is 0. The second kappa shape index (κ2) is 6.12. The number of benzene rings is 1. The lowest BCUT2D eigenvalue weighted by atomic mass is 9.77. The smallest absolute Gasteiger partial charge is 0.388 e. The number of hydrogen-bond donors (Lipinski definition) is 1. The molecule has 1 aliphatic rings. The van der Waals surface area contributed by atoms with Crippen LogP contribution in [0.1, 0.15) is 37.4 Å². The van der Waals surface area contributed by atoms with E-state index in [2.05, 4.69) is 0 Å². The van der Waals surface area contributed by atoms with Gasteiger partial charge in [0.15, 0.2) is 0 Å². The lowest BCUT2D eigenvalue weighted by Gasteiger charge is -2.33. The van der Waals surface area contributed by atoms with Crippen molar-refractivity contribution in [2.24, 2.45) is 11.8 Å². The standard InChI is InChI=1S/C14H15Cl2F3O/c15-10-4-5-12(16)11(7-10)13(20)8-2-1-3-9(6-8)14(17,18)19/h4-5,7-9,13,20H,1-3,6H2. The molecule has 1 saturated carbocycles. The SMILES string of the molecule is OC(c1cc(Cl)ccc1Cl)C1CCCC(C(F)(F)F)C1. The Bertz CT molecular complexity index is 476. The van der Waals surface area contributed by atoms with Crippen molar-refractivity contribution in [3.63, 3.8) is 0 Å². The third-order valence-corrected chi connectivity index (χ3v) is 4.48. The fourth-order valence-electron chi connectivity index (χ4n) is 2.81. The lowest BCUT2D eigenvalue weighted by Crippen LogP contribution is -2.31. The topological polar surface area (TPSA) is 20.2 Å². The molecule has 20 heavy (non-hydrogen) atoms. The van der Waals surface area contributed by atoms with Crippen molar-refractivity contribution in [3.05, 3.63) is 33.8 Å². The number of rotatable bonds is 2. The van der Waals surface area contributed by atoms with E-state index in [4.69, 9.17) is 23.2 Å². The van der Waals surface area contributed by atoms with Gasteiger partial charge in [0, 0.05) is 15.6 Å². The van der Waals surface area contributed by atoms with Crippen LogP contribution in [0.3, 0.4) is 0 Å². The van der Waals surface area contributed by atoms with Crippen LogP contribution < -0.4 is 0 Å². The average molecular weight is 327 g/mol. The molecule has 1 nitrogen and oxygen atoms in total. The zero-order valence-corrected chi connectivity index (χ0v) is 12.1. The lowest BCUT2D eigenvalue weighted by molar-refractivity contribution is -0.189. The summed E-state index contributed by atoms with van der Waals surface area (Å²) in [6, 6.07) is 4.65. The first-order chi connectivity index (χ1) is 9.29. The minimum atomic E-state index is -4.20. The van der Waals surface area contributed by atoms with Gasteiger partial charge in [-0.15, -0.1) is 0 Å². The highest BCUT2D eigenvalue weighted by Gasteiger charge is 2.43. The summed E-state index contributed by atoms with van der Waals surface area (Å²) < 4.78 is 38.4. The predicted molar refractivity (Wildman–Crippen MR) is 72.9 cm³/mol. The Morgan fingerprint density at radius 3 is 2.55 bits per heavy atom. The van der Waals surface area contributed by atoms with Crippen LogP contribution >= 0.6 is 23.2 Å². The first kappa shape index (κ1) is 15.9. The van der Waals surface area contributed by atoms with E-state index in [0.29, 0.717) is 28.5 Å². The molecule has 1 aromatic rings. The van der Waals surface area contributed by atoms with Gasteiger partial charge in [0.1, 0.15) is 0 Å². The van der Waals surface area contributed by atoms with E-state index in [1.165, 1.54) is 6.07 Å². The Hall–Kier alpha value is -0.450. The third-order valence-electron chi connectivity index (χ3n) is 3.90. The van der Waals surface area contributed by atoms with Gasteiger partial charge in [-0.25, -0.2) is 0 Å². The Morgan fingerprint density at radius 2 is 1.90 bits per heavy atom. The number of hydrogen-bond acceptors (Lipinski definition) is 1. The van der Waals surface area contributed by atoms with Crippen molar-refractivity contribution in [1.82, 2.24) is 0 Å². The number of aliphatic hydroxyl groups is 1. The molecular weight excluding hydrogens is 312 g/mol. The van der Waals surface area contributed by atoms with Gasteiger partial charge < -0.3 is 5.11 Å². The molecule has 0 radical (unpaired) electrons. The summed E-state index contributed by atoms with van der Waals surface area (Å²) >= 11 is 11.8. The highest BCUT2D eigenvalue weighted by atomic mass is 35.5. The van der Waals surface area contributed by atoms with Gasteiger partial charge in [0.05, 0.1) is 12.0 Å². The number of halogens is 5. The third kappa shape index (κ3) is 3.60. The Balaban J connectivity index is 2.16. The monoisotopic (exact) mass is 326 g/mol. The highest BCUT2D eigenvalue weighted by molar-refractivity contribution is 6.33. The van der Waals surface area contributed by atoms with Crippen LogP contribution in [0, 0.1) is 11.8 Å². The largest absolute Gasteiger partial charge is 0.391 e. The number of aliphatic hydroxyl groups excluding tert-OH is 1. The van der Waals surface area contributed by atoms with Gasteiger partial charge in [0.25, 0.3) is 0 Å². The molecule has 1 N–H and O–H groups in total. The summed E-state index contributed by atoms with van der Waals surface area (Å²) in [6.45, 7) is 0. The maximum Gasteiger partial charge on any atom is 0.391 e. The molecule has 0 amide bonds. The first-order valence-corrected chi connectivity index (χ1v) is 7.24. The van der Waals surface area contributed by atoms with Crippen molar-refractivity contribution >= 4 is 23.2 Å². The minimum absolute atomic E-state index is 0.0620. The van der Waals surface area contributed by atoms with E-state index in [0.717, 1.165) is 0 Å². The minimum Gasteiger partial charge on any atom is -0.388 e. The van der Waals surface area contributed by atoms with Crippen LogP contribution in [-0.4, -0.2) is 11.3 Å². The van der Waals surface area contributed by atoms with Crippen LogP contribution in [0.2, 0.25) is 10.0 Å². The van der Waals surface area contributed by atoms with Crippen LogP contribution in [0.4, 0.5) is 13.2 Å². The van der Waals surface area contributed by atoms with Crippen molar-refractivity contribution in [3.8, 4) is 0 Å². The van der Waals surface area contributed by atoms with Crippen LogP contribution in [0.25, 0.3) is 0 Å². The number of alkyl halides is 3. The molecular formula is C14H15Cl2F3O. The van der Waals surface area contributed by atoms with E-state index < -0.39 is 24.1 Å². The van der Waals surface area contributed by atoms with E-state index in [1.54, 1.807) is 12.1 Å². The molecule has 2 rings (SSSR count). The van der Waals surface area contributed by atoms with Crippen molar-refractivity contribution in [2.45, 2.75) is 38.0 Å². The zero-order valence-electron chi connectivity index (χ0n) is 10.6. The van der Waals surface area contributed by atoms with Crippen molar-refractivity contribution in [1.29, 1.82) is 0 Å². The normalized spacial score (nSPS) is 25.5. The molecule has 6 heteroatoms. The predicted octanol–water partition coefficient (Wildman–Crippen LogP) is 5.40. The highest BCUT2D eigenvalue weighted by Crippen LogP contribution is 2.45. The maximum absolute atomic E-state index is 12.8. The van der Waals surface area contributed by atoms with Gasteiger partial charge in [-0.2, -0.15) is 13.2 Å². The fourth-order valence-corrected chi connectivity index (χ4v) is 3.22. The second-order valence-corrected chi connectivity index (χ2v) is 6.12. The second-order valence-electron chi connectivity index (χ2n) is 5.28. The summed E-state index contributed by atoms with van der Waals surface area (Å²) in [5.74, 6) is -1.78. The zero-order chi connectivity index (χ0) is 14.9. The van der Waals surface area contributed by atoms with Gasteiger partial charge in [0.2, 0.25) is 0 Å². The van der Waals surface area contributed by atoms with E-state index in [-0.39, 0.29) is 12.8 Å². The molecule has 1 fully saturated rings. The Morgan fingerprint density at radius 1 is 1.20 bits per heavy atom. The van der Waals surface area contributed by atoms with Gasteiger partial charge >= 0.3 is 6.18 Å². The van der Waals surface area contributed by atoms with E-state index >= 15 is 0 Å². The first-order valence-electron chi connectivity index (χ1n) is 6.48. The summed E-state index contributed by atoms with van der Waals surface area (Å²) in [5.41, 5.74) is 0.409. The molecule has 3 atom stereocenters. The molecule has 0 aliphatic heterocycles. The molecule has 0 saturated heterocycles. The molecule has 0 heterocycles. The molecule has 0 bridgehead atoms. The van der Waals surface area contributed by atoms with Crippen LogP contribution in [0.5, 0.6) is 0 Å². The molecule has 1 aliphatic carbocycles.